The lowest BCUT2D eigenvalue weighted by Gasteiger charge is -2.35. The third-order valence-corrected chi connectivity index (χ3v) is 4.21. The normalized spacial score (nSPS) is 20.2. The lowest BCUT2D eigenvalue weighted by atomic mass is 9.74. The SMILES string of the molecule is CC.CN1CCC(C#N)(C2=Nc3ccccc3C2)CC1. The fourth-order valence-electron chi connectivity index (χ4n) is 2.88. The van der Waals surface area contributed by atoms with Crippen LogP contribution < -0.4 is 0 Å². The first kappa shape index (κ1) is 14.7. The van der Waals surface area contributed by atoms with Crippen molar-refractivity contribution in [3.63, 3.8) is 0 Å². The smallest absolute Gasteiger partial charge is 0.0982 e. The highest BCUT2D eigenvalue weighted by molar-refractivity contribution is 6.00. The molecule has 3 nitrogen and oxygen atoms in total. The lowest BCUT2D eigenvalue weighted by Crippen LogP contribution is -2.42. The summed E-state index contributed by atoms with van der Waals surface area (Å²) in [6.07, 6.45) is 2.67. The molecule has 0 saturated carbocycles. The number of nitrogens with zero attached hydrogens (tertiary/aromatic N) is 3. The van der Waals surface area contributed by atoms with E-state index in [1.165, 1.54) is 5.56 Å². The summed E-state index contributed by atoms with van der Waals surface area (Å²) in [5, 5.41) is 9.62. The van der Waals surface area contributed by atoms with E-state index >= 15 is 0 Å². The van der Waals surface area contributed by atoms with Gasteiger partial charge >= 0.3 is 0 Å². The van der Waals surface area contributed by atoms with Gasteiger partial charge < -0.3 is 4.90 Å². The molecule has 106 valence electrons. The zero-order chi connectivity index (χ0) is 14.6. The summed E-state index contributed by atoms with van der Waals surface area (Å²) < 4.78 is 0. The minimum Gasteiger partial charge on any atom is -0.306 e. The average Bonchev–Trinajstić information content (AvgIpc) is 2.95. The van der Waals surface area contributed by atoms with E-state index in [0.29, 0.717) is 0 Å². The second kappa shape index (κ2) is 6.19. The van der Waals surface area contributed by atoms with E-state index in [2.05, 4.69) is 24.1 Å². The van der Waals surface area contributed by atoms with Crippen LogP contribution in [0.15, 0.2) is 29.3 Å². The van der Waals surface area contributed by atoms with Crippen LogP contribution in [0, 0.1) is 16.7 Å². The molecule has 0 bridgehead atoms. The fourth-order valence-corrected chi connectivity index (χ4v) is 2.88. The third kappa shape index (κ3) is 2.62. The second-order valence-corrected chi connectivity index (χ2v) is 5.36. The highest BCUT2D eigenvalue weighted by Crippen LogP contribution is 2.39. The van der Waals surface area contributed by atoms with Gasteiger partial charge in [-0.3, -0.25) is 4.99 Å². The molecule has 1 aromatic rings. The number of hydrogen-bond acceptors (Lipinski definition) is 3. The molecule has 0 amide bonds. The van der Waals surface area contributed by atoms with Crippen molar-refractivity contribution in [3.8, 4) is 6.07 Å². The molecule has 0 N–H and O–H groups in total. The van der Waals surface area contributed by atoms with E-state index < -0.39 is 0 Å². The Labute approximate surface area is 121 Å². The van der Waals surface area contributed by atoms with Crippen molar-refractivity contribution < 1.29 is 0 Å². The lowest BCUT2D eigenvalue weighted by molar-refractivity contribution is 0.217. The first-order chi connectivity index (χ1) is 9.73. The monoisotopic (exact) mass is 269 g/mol. The Morgan fingerprint density at radius 3 is 2.45 bits per heavy atom. The quantitative estimate of drug-likeness (QED) is 0.781. The van der Waals surface area contributed by atoms with Gasteiger partial charge in [0.05, 0.1) is 17.2 Å². The molecule has 2 heterocycles. The predicted octanol–water partition coefficient (Wildman–Crippen LogP) is 3.58. The summed E-state index contributed by atoms with van der Waals surface area (Å²) >= 11 is 0. The van der Waals surface area contributed by atoms with Gasteiger partial charge in [-0.25, -0.2) is 0 Å². The molecular formula is C17H23N3. The number of fused-ring (bicyclic) bond motifs is 1. The van der Waals surface area contributed by atoms with E-state index in [4.69, 9.17) is 4.99 Å². The standard InChI is InChI=1S/C15H17N3.C2H6/c1-18-8-6-15(11-16,7-9-18)14-10-12-4-2-3-5-13(12)17-14;1-2/h2-5H,6-10H2,1H3;1-2H3. The van der Waals surface area contributed by atoms with E-state index in [9.17, 15) is 5.26 Å². The largest absolute Gasteiger partial charge is 0.306 e. The molecule has 2 aliphatic heterocycles. The van der Waals surface area contributed by atoms with Crippen LogP contribution in [-0.4, -0.2) is 30.7 Å². The summed E-state index contributed by atoms with van der Waals surface area (Å²) in [5.74, 6) is 0. The zero-order valence-electron chi connectivity index (χ0n) is 12.7. The molecule has 3 heteroatoms. The van der Waals surface area contributed by atoms with Gasteiger partial charge in [0.15, 0.2) is 0 Å². The van der Waals surface area contributed by atoms with Crippen molar-refractivity contribution in [1.29, 1.82) is 5.26 Å². The molecule has 1 fully saturated rings. The first-order valence-electron chi connectivity index (χ1n) is 7.49. The summed E-state index contributed by atoms with van der Waals surface area (Å²) in [6, 6.07) is 10.8. The van der Waals surface area contributed by atoms with Gasteiger partial charge in [-0.2, -0.15) is 5.26 Å². The zero-order valence-corrected chi connectivity index (χ0v) is 12.7. The van der Waals surface area contributed by atoms with Crippen LogP contribution >= 0.6 is 0 Å². The van der Waals surface area contributed by atoms with E-state index in [1.807, 2.05) is 32.0 Å². The van der Waals surface area contributed by atoms with Crippen molar-refractivity contribution in [1.82, 2.24) is 4.90 Å². The molecule has 3 rings (SSSR count). The number of piperidine rings is 1. The maximum atomic E-state index is 9.62. The minimum atomic E-state index is -0.328. The molecule has 0 radical (unpaired) electrons. The molecule has 0 spiro atoms. The minimum absolute atomic E-state index is 0.328. The van der Waals surface area contributed by atoms with E-state index in [1.54, 1.807) is 0 Å². The number of nitriles is 1. The number of hydrogen-bond donors (Lipinski definition) is 0. The first-order valence-corrected chi connectivity index (χ1v) is 7.49. The van der Waals surface area contributed by atoms with E-state index in [0.717, 1.165) is 43.8 Å². The predicted molar refractivity (Wildman–Crippen MR) is 83.4 cm³/mol. The number of rotatable bonds is 1. The Balaban J connectivity index is 0.000000704. The summed E-state index contributed by atoms with van der Waals surface area (Å²) in [7, 11) is 2.12. The number of aliphatic imine (C=N–C) groups is 1. The Morgan fingerprint density at radius 2 is 1.85 bits per heavy atom. The van der Waals surface area contributed by atoms with Crippen molar-refractivity contribution in [2.24, 2.45) is 10.4 Å². The van der Waals surface area contributed by atoms with Crippen LogP contribution in [0.5, 0.6) is 0 Å². The van der Waals surface area contributed by atoms with E-state index in [-0.39, 0.29) is 5.41 Å². The maximum Gasteiger partial charge on any atom is 0.0982 e. The molecular weight excluding hydrogens is 246 g/mol. The van der Waals surface area contributed by atoms with Gasteiger partial charge in [-0.05, 0) is 44.6 Å². The third-order valence-electron chi connectivity index (χ3n) is 4.21. The van der Waals surface area contributed by atoms with Gasteiger partial charge in [0.2, 0.25) is 0 Å². The van der Waals surface area contributed by atoms with Crippen molar-refractivity contribution in [2.45, 2.75) is 33.1 Å². The Hall–Kier alpha value is -1.66. The van der Waals surface area contributed by atoms with Gasteiger partial charge in [-0.15, -0.1) is 0 Å². The molecule has 0 aromatic heterocycles. The second-order valence-electron chi connectivity index (χ2n) is 5.36. The maximum absolute atomic E-state index is 9.62. The van der Waals surface area contributed by atoms with Gasteiger partial charge in [-0.1, -0.05) is 32.0 Å². The fraction of sp³-hybridized carbons (Fsp3) is 0.529. The number of benzene rings is 1. The molecule has 0 unspecified atom stereocenters. The van der Waals surface area contributed by atoms with Crippen LogP contribution in [0.4, 0.5) is 5.69 Å². The Morgan fingerprint density at radius 1 is 1.20 bits per heavy atom. The van der Waals surface area contributed by atoms with Gasteiger partial charge in [0.25, 0.3) is 0 Å². The van der Waals surface area contributed by atoms with Crippen molar-refractivity contribution in [2.75, 3.05) is 20.1 Å². The van der Waals surface area contributed by atoms with Gasteiger partial charge in [0, 0.05) is 12.1 Å². The molecule has 2 aliphatic rings. The van der Waals surface area contributed by atoms with Crippen LogP contribution in [0.1, 0.15) is 32.3 Å². The number of likely N-dealkylation sites (tertiary alicyclic amines) is 1. The number of para-hydroxylation sites is 1. The van der Waals surface area contributed by atoms with Crippen LogP contribution in [0.2, 0.25) is 0 Å². The molecule has 1 saturated heterocycles. The highest BCUT2D eigenvalue weighted by Gasteiger charge is 2.40. The van der Waals surface area contributed by atoms with Crippen molar-refractivity contribution in [3.05, 3.63) is 29.8 Å². The van der Waals surface area contributed by atoms with Gasteiger partial charge in [0.1, 0.15) is 0 Å². The summed E-state index contributed by atoms with van der Waals surface area (Å²) in [4.78, 5) is 7.01. The molecule has 0 aliphatic carbocycles. The topological polar surface area (TPSA) is 39.4 Å². The average molecular weight is 269 g/mol. The Kier molecular flexibility index (Phi) is 4.57. The molecule has 20 heavy (non-hydrogen) atoms. The van der Waals surface area contributed by atoms with Crippen LogP contribution in [-0.2, 0) is 6.42 Å². The summed E-state index contributed by atoms with van der Waals surface area (Å²) in [6.45, 7) is 5.98. The summed E-state index contributed by atoms with van der Waals surface area (Å²) in [5.41, 5.74) is 3.08. The van der Waals surface area contributed by atoms with Crippen LogP contribution in [0.3, 0.4) is 0 Å². The molecule has 1 aromatic carbocycles. The Bertz CT molecular complexity index is 531. The highest BCUT2D eigenvalue weighted by atomic mass is 15.1. The van der Waals surface area contributed by atoms with Crippen molar-refractivity contribution >= 4 is 11.4 Å². The molecule has 0 atom stereocenters. The van der Waals surface area contributed by atoms with Crippen LogP contribution in [0.25, 0.3) is 0 Å².